The summed E-state index contributed by atoms with van der Waals surface area (Å²) in [7, 11) is 1.24. The van der Waals surface area contributed by atoms with Crippen molar-refractivity contribution in [2.45, 2.75) is 19.4 Å². The number of esters is 2. The molecule has 0 saturated carbocycles. The van der Waals surface area contributed by atoms with Crippen LogP contribution in [0.25, 0.3) is 0 Å². The van der Waals surface area contributed by atoms with Gasteiger partial charge in [0.2, 0.25) is 5.76 Å². The molecule has 0 N–H and O–H groups in total. The van der Waals surface area contributed by atoms with Crippen LogP contribution in [0.1, 0.15) is 39.5 Å². The van der Waals surface area contributed by atoms with Crippen LogP contribution in [0.15, 0.2) is 45.3 Å². The molecule has 1 aromatic heterocycles. The highest BCUT2D eigenvalue weighted by Gasteiger charge is 2.14. The van der Waals surface area contributed by atoms with Gasteiger partial charge in [0.05, 0.1) is 13.5 Å². The summed E-state index contributed by atoms with van der Waals surface area (Å²) in [6, 6.07) is 9.87. The number of halogens is 1. The maximum Gasteiger partial charge on any atom is 0.373 e. The Bertz CT molecular complexity index is 732. The molecule has 0 atom stereocenters. The average Bonchev–Trinajstić information content (AvgIpc) is 3.06. The number of hydrogen-bond donors (Lipinski definition) is 0. The minimum absolute atomic E-state index is 0.0283. The molecule has 0 bridgehead atoms. The number of rotatable bonds is 7. The van der Waals surface area contributed by atoms with Crippen LogP contribution in [0.3, 0.4) is 0 Å². The Morgan fingerprint density at radius 1 is 1.04 bits per heavy atom. The van der Waals surface area contributed by atoms with Crippen molar-refractivity contribution in [2.24, 2.45) is 0 Å². The lowest BCUT2D eigenvalue weighted by Gasteiger charge is -2.03. The average molecular weight is 395 g/mol. The van der Waals surface area contributed by atoms with E-state index in [1.54, 1.807) is 24.3 Å². The van der Waals surface area contributed by atoms with Gasteiger partial charge in [0, 0.05) is 16.5 Å². The molecule has 1 heterocycles. The lowest BCUT2D eigenvalue weighted by atomic mass is 10.1. The van der Waals surface area contributed by atoms with Crippen molar-refractivity contribution in [1.82, 2.24) is 0 Å². The van der Waals surface area contributed by atoms with Gasteiger partial charge in [-0.05, 0) is 24.3 Å². The summed E-state index contributed by atoms with van der Waals surface area (Å²) in [5.41, 5.74) is 0.541. The van der Waals surface area contributed by atoms with Crippen LogP contribution in [0, 0.1) is 0 Å². The third-order valence-electron chi connectivity index (χ3n) is 3.15. The van der Waals surface area contributed by atoms with E-state index in [1.165, 1.54) is 19.2 Å². The third-order valence-corrected chi connectivity index (χ3v) is 3.67. The number of Topliss-reactive ketones (excluding diaryl/α,β-unsaturated/α-hetero) is 1. The zero-order chi connectivity index (χ0) is 17.5. The van der Waals surface area contributed by atoms with E-state index in [0.717, 1.165) is 4.47 Å². The number of ether oxygens (including phenoxy) is 2. The van der Waals surface area contributed by atoms with Crippen molar-refractivity contribution < 1.29 is 28.3 Å². The smallest absolute Gasteiger partial charge is 0.373 e. The van der Waals surface area contributed by atoms with E-state index < -0.39 is 11.9 Å². The van der Waals surface area contributed by atoms with E-state index in [-0.39, 0.29) is 31.0 Å². The molecule has 0 unspecified atom stereocenters. The van der Waals surface area contributed by atoms with Gasteiger partial charge in [-0.1, -0.05) is 28.1 Å². The fraction of sp³-hybridized carbons (Fsp3) is 0.235. The van der Waals surface area contributed by atoms with Crippen molar-refractivity contribution in [3.8, 4) is 0 Å². The van der Waals surface area contributed by atoms with Crippen LogP contribution in [0.5, 0.6) is 0 Å². The Kier molecular flexibility index (Phi) is 6.31. The third kappa shape index (κ3) is 5.06. The first-order chi connectivity index (χ1) is 11.5. The predicted octanol–water partition coefficient (Wildman–Crippen LogP) is 3.54. The second-order valence-corrected chi connectivity index (χ2v) is 5.76. The minimum atomic E-state index is -0.604. The fourth-order valence-corrected chi connectivity index (χ4v) is 2.15. The van der Waals surface area contributed by atoms with Gasteiger partial charge in [0.25, 0.3) is 0 Å². The summed E-state index contributed by atoms with van der Waals surface area (Å²) in [6.45, 7) is -0.109. The zero-order valence-corrected chi connectivity index (χ0v) is 14.5. The normalized spacial score (nSPS) is 10.2. The summed E-state index contributed by atoms with van der Waals surface area (Å²) in [6.07, 6.45) is 0.0332. The summed E-state index contributed by atoms with van der Waals surface area (Å²) >= 11 is 3.29. The van der Waals surface area contributed by atoms with Gasteiger partial charge in [-0.3, -0.25) is 9.59 Å². The second kappa shape index (κ2) is 8.44. The molecule has 0 aliphatic carbocycles. The molecule has 7 heteroatoms. The summed E-state index contributed by atoms with van der Waals surface area (Å²) in [4.78, 5) is 34.9. The Labute approximate surface area is 146 Å². The molecule has 0 radical (unpaired) electrons. The van der Waals surface area contributed by atoms with E-state index in [2.05, 4.69) is 20.7 Å². The van der Waals surface area contributed by atoms with Gasteiger partial charge in [-0.25, -0.2) is 4.79 Å². The number of ketones is 1. The molecule has 2 aromatic rings. The van der Waals surface area contributed by atoms with Crippen molar-refractivity contribution in [3.05, 3.63) is 58.0 Å². The lowest BCUT2D eigenvalue weighted by Crippen LogP contribution is -2.08. The zero-order valence-electron chi connectivity index (χ0n) is 12.9. The van der Waals surface area contributed by atoms with Gasteiger partial charge in [-0.15, -0.1) is 0 Å². The van der Waals surface area contributed by atoms with Crippen LogP contribution < -0.4 is 0 Å². The first-order valence-electron chi connectivity index (χ1n) is 7.11. The summed E-state index contributed by atoms with van der Waals surface area (Å²) in [5.74, 6) is -0.897. The lowest BCUT2D eigenvalue weighted by molar-refractivity contribution is -0.145. The minimum Gasteiger partial charge on any atom is -0.463 e. The summed E-state index contributed by atoms with van der Waals surface area (Å²) in [5, 5.41) is 0. The molecule has 1 aromatic carbocycles. The van der Waals surface area contributed by atoms with Gasteiger partial charge in [0.1, 0.15) is 12.4 Å². The highest BCUT2D eigenvalue weighted by Crippen LogP contribution is 2.14. The maximum absolute atomic E-state index is 12.0. The predicted molar refractivity (Wildman–Crippen MR) is 87.6 cm³/mol. The quantitative estimate of drug-likeness (QED) is 0.527. The number of carbonyl (C=O) groups excluding carboxylic acids is 3. The first kappa shape index (κ1) is 17.9. The molecular weight excluding hydrogens is 380 g/mol. The van der Waals surface area contributed by atoms with Crippen molar-refractivity contribution >= 4 is 33.7 Å². The van der Waals surface area contributed by atoms with Crippen molar-refractivity contribution in [3.63, 3.8) is 0 Å². The van der Waals surface area contributed by atoms with Gasteiger partial charge < -0.3 is 13.9 Å². The first-order valence-corrected chi connectivity index (χ1v) is 7.90. The number of furan rings is 1. The molecule has 0 amide bonds. The molecule has 6 nitrogen and oxygen atoms in total. The number of methoxy groups -OCH3 is 1. The topological polar surface area (TPSA) is 82.8 Å². The van der Waals surface area contributed by atoms with E-state index in [0.29, 0.717) is 11.3 Å². The van der Waals surface area contributed by atoms with Crippen LogP contribution in [-0.2, 0) is 20.9 Å². The summed E-state index contributed by atoms with van der Waals surface area (Å²) < 4.78 is 15.6. The van der Waals surface area contributed by atoms with E-state index in [9.17, 15) is 14.4 Å². The SMILES string of the molecule is COC(=O)c1ccc(COC(=O)CCC(=O)c2ccc(Br)cc2)o1. The highest BCUT2D eigenvalue weighted by atomic mass is 79.9. The van der Waals surface area contributed by atoms with Crippen LogP contribution in [0.4, 0.5) is 0 Å². The highest BCUT2D eigenvalue weighted by molar-refractivity contribution is 9.10. The van der Waals surface area contributed by atoms with E-state index in [4.69, 9.17) is 9.15 Å². The van der Waals surface area contributed by atoms with E-state index in [1.807, 2.05) is 0 Å². The van der Waals surface area contributed by atoms with Crippen LogP contribution >= 0.6 is 15.9 Å². The van der Waals surface area contributed by atoms with Gasteiger partial charge in [0.15, 0.2) is 5.78 Å². The fourth-order valence-electron chi connectivity index (χ4n) is 1.89. The Morgan fingerprint density at radius 3 is 2.42 bits per heavy atom. The van der Waals surface area contributed by atoms with Gasteiger partial charge in [-0.2, -0.15) is 0 Å². The van der Waals surface area contributed by atoms with E-state index >= 15 is 0 Å². The number of carbonyl (C=O) groups is 3. The van der Waals surface area contributed by atoms with Crippen molar-refractivity contribution in [1.29, 1.82) is 0 Å². The number of benzene rings is 1. The molecule has 0 spiro atoms. The Hall–Kier alpha value is -2.41. The van der Waals surface area contributed by atoms with Crippen molar-refractivity contribution in [2.75, 3.05) is 7.11 Å². The monoisotopic (exact) mass is 394 g/mol. The Balaban J connectivity index is 1.77. The number of hydrogen-bond acceptors (Lipinski definition) is 6. The molecule has 0 aliphatic rings. The second-order valence-electron chi connectivity index (χ2n) is 4.85. The largest absolute Gasteiger partial charge is 0.463 e. The maximum atomic E-state index is 12.0. The molecular formula is C17H15BrO6. The molecule has 0 saturated heterocycles. The standard InChI is InChI=1S/C17H15BrO6/c1-22-17(21)15-8-6-13(24-15)10-23-16(20)9-7-14(19)11-2-4-12(18)5-3-11/h2-6,8H,7,9-10H2,1H3. The molecule has 2 rings (SSSR count). The molecule has 0 fully saturated rings. The van der Waals surface area contributed by atoms with Crippen LogP contribution in [-0.4, -0.2) is 24.8 Å². The Morgan fingerprint density at radius 2 is 1.75 bits per heavy atom. The van der Waals surface area contributed by atoms with Gasteiger partial charge >= 0.3 is 11.9 Å². The molecule has 24 heavy (non-hydrogen) atoms. The molecule has 126 valence electrons. The van der Waals surface area contributed by atoms with Crippen LogP contribution in [0.2, 0.25) is 0 Å². The molecule has 0 aliphatic heterocycles.